The third kappa shape index (κ3) is 5.79. The second-order valence-electron chi connectivity index (χ2n) is 20.6. The van der Waals surface area contributed by atoms with E-state index in [0.29, 0.717) is 11.8 Å². The fraction of sp³-hybridized carbons (Fsp3) is 0.370. The van der Waals surface area contributed by atoms with E-state index in [-0.39, 0.29) is 23.0 Å². The number of thiophene rings is 1. The lowest BCUT2D eigenvalue weighted by molar-refractivity contribution is 0.332. The smallest absolute Gasteiger partial charge is 0.264 e. The number of rotatable bonds is 4. The Morgan fingerprint density at radius 1 is 0.776 bits per heavy atom. The molecule has 3 heterocycles. The fourth-order valence-electron chi connectivity index (χ4n) is 10.9. The van der Waals surface area contributed by atoms with Crippen LogP contribution in [0.25, 0.3) is 21.2 Å². The Hall–Kier alpha value is -4.54. The molecule has 1 aromatic heterocycles. The van der Waals surface area contributed by atoms with Gasteiger partial charge in [-0.3, -0.25) is 0 Å². The van der Waals surface area contributed by atoms with Crippen LogP contribution >= 0.6 is 11.3 Å². The predicted octanol–water partition coefficient (Wildman–Crippen LogP) is 14.1. The van der Waals surface area contributed by atoms with Crippen molar-refractivity contribution in [3.05, 3.63) is 142 Å². The Morgan fingerprint density at radius 3 is 2.14 bits per heavy atom. The zero-order chi connectivity index (χ0) is 40.5. The maximum atomic E-state index is 2.69. The molecule has 0 saturated carbocycles. The van der Waals surface area contributed by atoms with E-state index in [1.807, 2.05) is 0 Å². The molecule has 2 aliphatic heterocycles. The molecule has 5 aromatic rings. The summed E-state index contributed by atoms with van der Waals surface area (Å²) >= 11 is 2.07. The molecule has 0 fully saturated rings. The second kappa shape index (κ2) is 13.2. The molecule has 0 radical (unpaired) electrons. The zero-order valence-corrected chi connectivity index (χ0v) is 37.2. The second-order valence-corrected chi connectivity index (χ2v) is 21.7. The molecule has 58 heavy (non-hydrogen) atoms. The first-order chi connectivity index (χ1) is 27.6. The summed E-state index contributed by atoms with van der Waals surface area (Å²) in [5, 5.41) is 1.42. The van der Waals surface area contributed by atoms with Crippen LogP contribution in [-0.2, 0) is 10.8 Å². The summed E-state index contributed by atoms with van der Waals surface area (Å²) in [6.45, 7) is 24.3. The predicted molar refractivity (Wildman–Crippen MR) is 253 cm³/mol. The van der Waals surface area contributed by atoms with Crippen LogP contribution in [0.3, 0.4) is 0 Å². The number of hydrogen-bond acceptors (Lipinski definition) is 3. The van der Waals surface area contributed by atoms with Gasteiger partial charge < -0.3 is 9.80 Å². The Bertz CT molecular complexity index is 2640. The van der Waals surface area contributed by atoms with E-state index in [0.717, 1.165) is 19.3 Å². The summed E-state index contributed by atoms with van der Waals surface area (Å²) in [4.78, 5) is 5.36. The van der Waals surface area contributed by atoms with Crippen molar-refractivity contribution in [3.8, 4) is 11.1 Å². The van der Waals surface area contributed by atoms with Crippen molar-refractivity contribution in [2.75, 3.05) is 9.80 Å². The van der Waals surface area contributed by atoms with Gasteiger partial charge in [-0.05, 0) is 148 Å². The fourth-order valence-corrected chi connectivity index (χ4v) is 12.2. The molecular formula is C54H59BN2S. The molecule has 10 rings (SSSR count). The molecule has 294 valence electrons. The summed E-state index contributed by atoms with van der Waals surface area (Å²) < 4.78 is 2.94. The molecule has 0 N–H and O–H groups in total. The monoisotopic (exact) mass is 778 g/mol. The molecule has 5 aliphatic rings. The lowest BCUT2D eigenvalue weighted by Crippen LogP contribution is -2.55. The van der Waals surface area contributed by atoms with Gasteiger partial charge >= 0.3 is 0 Å². The normalized spacial score (nSPS) is 20.5. The lowest BCUT2D eigenvalue weighted by atomic mass is 9.35. The Balaban J connectivity index is 1.26. The van der Waals surface area contributed by atoms with Gasteiger partial charge in [-0.15, -0.1) is 11.3 Å². The Labute approximate surface area is 352 Å². The minimum absolute atomic E-state index is 0.0982. The van der Waals surface area contributed by atoms with Gasteiger partial charge in [-0.1, -0.05) is 129 Å². The third-order valence-electron chi connectivity index (χ3n) is 14.6. The molecule has 4 aromatic carbocycles. The van der Waals surface area contributed by atoms with E-state index in [4.69, 9.17) is 0 Å². The minimum Gasteiger partial charge on any atom is -0.315 e. The molecule has 1 unspecified atom stereocenters. The van der Waals surface area contributed by atoms with E-state index in [1.54, 1.807) is 16.7 Å². The Kier molecular flexibility index (Phi) is 8.61. The van der Waals surface area contributed by atoms with Crippen LogP contribution in [-0.4, -0.2) is 6.71 Å². The van der Waals surface area contributed by atoms with Crippen LogP contribution in [0.5, 0.6) is 0 Å². The van der Waals surface area contributed by atoms with E-state index in [1.165, 1.54) is 89.5 Å². The topological polar surface area (TPSA) is 6.48 Å². The summed E-state index contributed by atoms with van der Waals surface area (Å²) in [5.41, 5.74) is 20.0. The van der Waals surface area contributed by atoms with Crippen molar-refractivity contribution < 1.29 is 0 Å². The molecule has 3 aliphatic carbocycles. The van der Waals surface area contributed by atoms with Gasteiger partial charge in [-0.2, -0.15) is 0 Å². The van der Waals surface area contributed by atoms with E-state index >= 15 is 0 Å². The highest BCUT2D eigenvalue weighted by Crippen LogP contribution is 2.53. The van der Waals surface area contributed by atoms with Gasteiger partial charge in [0.15, 0.2) is 0 Å². The van der Waals surface area contributed by atoms with Gasteiger partial charge in [0.1, 0.15) is 0 Å². The first-order valence-corrected chi connectivity index (χ1v) is 22.8. The van der Waals surface area contributed by atoms with Gasteiger partial charge in [-0.25, -0.2) is 0 Å². The number of allylic oxidation sites excluding steroid dienone is 7. The SMILES string of the molecule is Cc1cc(-c2ccccc2)ccc1N1C2=C(C=C(C(C)(C)C)CC2)B2c3sc4cc5c(cc4c3N(C3=CCC(C(C)C)C=C3)c3cccc1c32)C(C)(C)CCC5(C)C. The van der Waals surface area contributed by atoms with Crippen molar-refractivity contribution in [3.63, 3.8) is 0 Å². The number of anilines is 4. The van der Waals surface area contributed by atoms with E-state index in [9.17, 15) is 0 Å². The molecule has 0 bridgehead atoms. The summed E-state index contributed by atoms with van der Waals surface area (Å²) in [6.07, 6.45) is 15.7. The van der Waals surface area contributed by atoms with Crippen molar-refractivity contribution in [2.24, 2.45) is 17.3 Å². The third-order valence-corrected chi connectivity index (χ3v) is 15.8. The molecule has 0 amide bonds. The average Bonchev–Trinajstić information content (AvgIpc) is 3.57. The molecular weight excluding hydrogens is 719 g/mol. The highest BCUT2D eigenvalue weighted by molar-refractivity contribution is 7.33. The average molecular weight is 779 g/mol. The molecule has 1 atom stereocenters. The minimum atomic E-state index is 0.0982. The first kappa shape index (κ1) is 37.7. The van der Waals surface area contributed by atoms with Crippen molar-refractivity contribution in [1.29, 1.82) is 0 Å². The van der Waals surface area contributed by atoms with Crippen molar-refractivity contribution >= 4 is 61.1 Å². The quantitative estimate of drug-likeness (QED) is 0.168. The standard InChI is InChI=1S/C54H59BN2S/c1-33(2)35-19-23-39(24-20-35)56-46-17-14-18-47-49(46)55(51-50(56)40-31-41-42(32-48(40)58-51)54(9,10)28-27-53(41,7)8)43-30-38(52(4,5)6)22-26-45(43)57(47)44-25-21-37(29-34(44)3)36-15-12-11-13-16-36/h11-19,21,23-25,29-33,35H,20,22,26-28H2,1-10H3. The Morgan fingerprint density at radius 2 is 1.48 bits per heavy atom. The maximum Gasteiger partial charge on any atom is 0.264 e. The van der Waals surface area contributed by atoms with Gasteiger partial charge in [0.25, 0.3) is 6.71 Å². The highest BCUT2D eigenvalue weighted by Gasteiger charge is 2.48. The molecule has 0 spiro atoms. The molecule has 4 heteroatoms. The van der Waals surface area contributed by atoms with E-state index < -0.39 is 0 Å². The number of nitrogens with zero attached hydrogens (tertiary/aromatic N) is 2. The van der Waals surface area contributed by atoms with E-state index in [2.05, 4.69) is 194 Å². The van der Waals surface area contributed by atoms with Crippen LogP contribution < -0.4 is 20.0 Å². The maximum absolute atomic E-state index is 2.69. The largest absolute Gasteiger partial charge is 0.315 e. The summed E-state index contributed by atoms with van der Waals surface area (Å²) in [5.74, 6) is 1.18. The molecule has 0 saturated heterocycles. The highest BCUT2D eigenvalue weighted by atomic mass is 32.1. The summed E-state index contributed by atoms with van der Waals surface area (Å²) in [7, 11) is 0. The van der Waals surface area contributed by atoms with Crippen LogP contribution in [0.2, 0.25) is 0 Å². The molecule has 2 nitrogen and oxygen atoms in total. The van der Waals surface area contributed by atoms with Crippen LogP contribution in [0.15, 0.2) is 126 Å². The van der Waals surface area contributed by atoms with Gasteiger partial charge in [0.2, 0.25) is 0 Å². The van der Waals surface area contributed by atoms with Crippen LogP contribution in [0.4, 0.5) is 22.7 Å². The lowest BCUT2D eigenvalue weighted by Gasteiger charge is -2.46. The number of fused-ring (bicyclic) bond motifs is 6. The number of benzene rings is 4. The first-order valence-electron chi connectivity index (χ1n) is 22.0. The zero-order valence-electron chi connectivity index (χ0n) is 36.4. The van der Waals surface area contributed by atoms with Crippen LogP contribution in [0.1, 0.15) is 111 Å². The van der Waals surface area contributed by atoms with Gasteiger partial charge in [0, 0.05) is 43.3 Å². The number of aryl methyl sites for hydroxylation is 1. The van der Waals surface area contributed by atoms with Gasteiger partial charge in [0.05, 0.1) is 5.69 Å². The summed E-state index contributed by atoms with van der Waals surface area (Å²) in [6, 6.07) is 30.4. The van der Waals surface area contributed by atoms with Crippen molar-refractivity contribution in [2.45, 2.75) is 112 Å². The number of hydrogen-bond donors (Lipinski definition) is 0. The van der Waals surface area contributed by atoms with Crippen LogP contribution in [0, 0.1) is 24.2 Å². The van der Waals surface area contributed by atoms with Crippen molar-refractivity contribution in [1.82, 2.24) is 0 Å².